The standard InChI is InChI=1S/C14H13BrClIN2O/c1-14(2,3)11-10(17)13(20)19-12(18-11)8-6-7(15)4-5-9(8)16/h4-6H,1-3H3,(H,18,19,20). The Bertz CT molecular complexity index is 722. The fourth-order valence-electron chi connectivity index (χ4n) is 1.76. The molecule has 20 heavy (non-hydrogen) atoms. The zero-order valence-corrected chi connectivity index (χ0v) is 15.7. The molecule has 0 bridgehead atoms. The molecule has 0 saturated heterocycles. The van der Waals surface area contributed by atoms with E-state index in [0.29, 0.717) is 20.0 Å². The summed E-state index contributed by atoms with van der Waals surface area (Å²) in [7, 11) is 0. The summed E-state index contributed by atoms with van der Waals surface area (Å²) in [5, 5.41) is 0.553. The van der Waals surface area contributed by atoms with Crippen LogP contribution >= 0.6 is 50.1 Å². The number of aromatic nitrogens is 2. The van der Waals surface area contributed by atoms with Crippen molar-refractivity contribution in [2.24, 2.45) is 0 Å². The van der Waals surface area contributed by atoms with Crippen molar-refractivity contribution in [3.05, 3.63) is 47.3 Å². The summed E-state index contributed by atoms with van der Waals surface area (Å²) in [6.45, 7) is 6.09. The van der Waals surface area contributed by atoms with E-state index in [1.54, 1.807) is 6.07 Å². The van der Waals surface area contributed by atoms with E-state index in [2.05, 4.69) is 25.9 Å². The number of H-pyrrole nitrogens is 1. The van der Waals surface area contributed by atoms with E-state index in [4.69, 9.17) is 11.6 Å². The summed E-state index contributed by atoms with van der Waals surface area (Å²) < 4.78 is 1.50. The molecule has 0 aliphatic carbocycles. The van der Waals surface area contributed by atoms with Crippen molar-refractivity contribution in [1.29, 1.82) is 0 Å². The molecule has 106 valence electrons. The maximum Gasteiger partial charge on any atom is 0.264 e. The number of nitrogens with zero attached hydrogens (tertiary/aromatic N) is 1. The zero-order chi connectivity index (χ0) is 15.1. The van der Waals surface area contributed by atoms with Crippen molar-refractivity contribution in [1.82, 2.24) is 9.97 Å². The van der Waals surface area contributed by atoms with Gasteiger partial charge in [0, 0.05) is 15.5 Å². The molecule has 6 heteroatoms. The molecule has 0 saturated carbocycles. The van der Waals surface area contributed by atoms with Gasteiger partial charge in [0.15, 0.2) is 0 Å². The Balaban J connectivity index is 2.74. The van der Waals surface area contributed by atoms with Gasteiger partial charge >= 0.3 is 0 Å². The first kappa shape index (κ1) is 16.0. The van der Waals surface area contributed by atoms with Crippen molar-refractivity contribution in [3.8, 4) is 11.4 Å². The lowest BCUT2D eigenvalue weighted by Gasteiger charge is -2.20. The molecule has 1 aromatic carbocycles. The lowest BCUT2D eigenvalue weighted by atomic mass is 9.92. The van der Waals surface area contributed by atoms with Crippen LogP contribution in [0.3, 0.4) is 0 Å². The van der Waals surface area contributed by atoms with Crippen LogP contribution in [0.25, 0.3) is 11.4 Å². The normalized spacial score (nSPS) is 11.7. The molecule has 2 rings (SSSR count). The molecule has 0 unspecified atom stereocenters. The average Bonchev–Trinajstić information content (AvgIpc) is 2.34. The number of nitrogens with one attached hydrogen (secondary N) is 1. The van der Waals surface area contributed by atoms with Gasteiger partial charge in [0.1, 0.15) is 9.39 Å². The summed E-state index contributed by atoms with van der Waals surface area (Å²) in [6.07, 6.45) is 0. The van der Waals surface area contributed by atoms with Crippen molar-refractivity contribution < 1.29 is 0 Å². The molecule has 0 atom stereocenters. The monoisotopic (exact) mass is 466 g/mol. The van der Waals surface area contributed by atoms with Crippen LogP contribution in [0, 0.1) is 3.57 Å². The molecule has 0 aliphatic heterocycles. The maximum atomic E-state index is 12.1. The van der Waals surface area contributed by atoms with Crippen LogP contribution in [0.5, 0.6) is 0 Å². The Morgan fingerprint density at radius 3 is 2.60 bits per heavy atom. The van der Waals surface area contributed by atoms with Gasteiger partial charge in [-0.15, -0.1) is 0 Å². The highest BCUT2D eigenvalue weighted by atomic mass is 127. The highest BCUT2D eigenvalue weighted by molar-refractivity contribution is 14.1. The van der Waals surface area contributed by atoms with Gasteiger partial charge in [-0.3, -0.25) is 4.79 Å². The fraction of sp³-hybridized carbons (Fsp3) is 0.286. The topological polar surface area (TPSA) is 45.8 Å². The molecule has 0 amide bonds. The van der Waals surface area contributed by atoms with Crippen molar-refractivity contribution in [2.45, 2.75) is 26.2 Å². The molecule has 1 aromatic heterocycles. The third-order valence-electron chi connectivity index (χ3n) is 2.76. The number of aromatic amines is 1. The van der Waals surface area contributed by atoms with E-state index >= 15 is 0 Å². The molecular weight excluding hydrogens is 454 g/mol. The van der Waals surface area contributed by atoms with Gasteiger partial charge < -0.3 is 4.98 Å². The number of benzene rings is 1. The van der Waals surface area contributed by atoms with Crippen LogP contribution in [0.2, 0.25) is 5.02 Å². The average molecular weight is 468 g/mol. The van der Waals surface area contributed by atoms with Gasteiger partial charge in [0.25, 0.3) is 5.56 Å². The predicted octanol–water partition coefficient (Wildman–Crippen LogP) is 4.75. The number of halogens is 3. The quantitative estimate of drug-likeness (QED) is 0.615. The summed E-state index contributed by atoms with van der Waals surface area (Å²) >= 11 is 11.6. The zero-order valence-electron chi connectivity index (χ0n) is 11.2. The summed E-state index contributed by atoms with van der Waals surface area (Å²) in [5.41, 5.74) is 1.13. The van der Waals surface area contributed by atoms with Gasteiger partial charge in [-0.1, -0.05) is 48.3 Å². The molecular formula is C14H13BrClIN2O. The minimum absolute atomic E-state index is 0.142. The molecule has 0 fully saturated rings. The minimum Gasteiger partial charge on any atom is -0.306 e. The third-order valence-corrected chi connectivity index (χ3v) is 4.58. The van der Waals surface area contributed by atoms with Crippen molar-refractivity contribution >= 4 is 50.1 Å². The Morgan fingerprint density at radius 1 is 1.35 bits per heavy atom. The third kappa shape index (κ3) is 3.26. The second kappa shape index (κ2) is 5.77. The minimum atomic E-state index is -0.210. The van der Waals surface area contributed by atoms with E-state index in [9.17, 15) is 4.79 Å². The van der Waals surface area contributed by atoms with Gasteiger partial charge in [-0.25, -0.2) is 4.98 Å². The fourth-order valence-corrected chi connectivity index (χ4v) is 3.39. The lowest BCUT2D eigenvalue weighted by molar-refractivity contribution is 0.562. The van der Waals surface area contributed by atoms with Gasteiger partial charge in [-0.2, -0.15) is 0 Å². The number of hydrogen-bond donors (Lipinski definition) is 1. The first-order chi connectivity index (χ1) is 9.20. The molecule has 2 aromatic rings. The molecule has 0 aliphatic rings. The number of rotatable bonds is 1. The maximum absolute atomic E-state index is 12.1. The Morgan fingerprint density at radius 2 is 2.00 bits per heavy atom. The van der Waals surface area contributed by atoms with Crippen LogP contribution < -0.4 is 5.56 Å². The second-order valence-corrected chi connectivity index (χ2v) is 7.85. The molecule has 0 spiro atoms. The highest BCUT2D eigenvalue weighted by Gasteiger charge is 2.22. The first-order valence-corrected chi connectivity index (χ1v) is 8.21. The first-order valence-electron chi connectivity index (χ1n) is 5.96. The molecule has 3 nitrogen and oxygen atoms in total. The van der Waals surface area contributed by atoms with E-state index in [1.807, 2.05) is 55.5 Å². The molecule has 1 heterocycles. The number of hydrogen-bond acceptors (Lipinski definition) is 2. The van der Waals surface area contributed by atoms with Gasteiger partial charge in [0.05, 0.1) is 10.7 Å². The van der Waals surface area contributed by atoms with Gasteiger partial charge in [0.2, 0.25) is 0 Å². The van der Waals surface area contributed by atoms with E-state index in [0.717, 1.165) is 10.2 Å². The largest absolute Gasteiger partial charge is 0.306 e. The van der Waals surface area contributed by atoms with Crippen LogP contribution in [-0.2, 0) is 5.41 Å². The Kier molecular flexibility index (Phi) is 4.61. The summed E-state index contributed by atoms with van der Waals surface area (Å²) in [5.74, 6) is 0.492. The molecule has 1 N–H and O–H groups in total. The van der Waals surface area contributed by atoms with Crippen molar-refractivity contribution in [3.63, 3.8) is 0 Å². The van der Waals surface area contributed by atoms with Crippen LogP contribution in [-0.4, -0.2) is 9.97 Å². The van der Waals surface area contributed by atoms with E-state index < -0.39 is 0 Å². The lowest BCUT2D eigenvalue weighted by Crippen LogP contribution is -2.24. The Hall–Kier alpha value is -0.400. The SMILES string of the molecule is CC(C)(C)c1nc(-c2cc(Br)ccc2Cl)[nH]c(=O)c1I. The van der Waals surface area contributed by atoms with E-state index in [1.165, 1.54) is 0 Å². The highest BCUT2D eigenvalue weighted by Crippen LogP contribution is 2.30. The summed E-state index contributed by atoms with van der Waals surface area (Å²) in [6, 6.07) is 5.47. The van der Waals surface area contributed by atoms with Gasteiger partial charge in [-0.05, 0) is 40.8 Å². The van der Waals surface area contributed by atoms with Crippen LogP contribution in [0.1, 0.15) is 26.5 Å². The van der Waals surface area contributed by atoms with Crippen LogP contribution in [0.4, 0.5) is 0 Å². The predicted molar refractivity (Wildman–Crippen MR) is 94.4 cm³/mol. The summed E-state index contributed by atoms with van der Waals surface area (Å²) in [4.78, 5) is 19.5. The van der Waals surface area contributed by atoms with Crippen LogP contribution in [0.15, 0.2) is 27.5 Å². The second-order valence-electron chi connectivity index (χ2n) is 5.45. The smallest absolute Gasteiger partial charge is 0.264 e. The Labute approximate surface area is 144 Å². The van der Waals surface area contributed by atoms with Crippen molar-refractivity contribution in [2.75, 3.05) is 0 Å². The molecule has 0 radical (unpaired) electrons. The van der Waals surface area contributed by atoms with E-state index in [-0.39, 0.29) is 11.0 Å².